The minimum Gasteiger partial charge on any atom is -0.507 e. The van der Waals surface area contributed by atoms with Gasteiger partial charge in [-0.3, -0.25) is 9.59 Å². The monoisotopic (exact) mass is 767 g/mol. The van der Waals surface area contributed by atoms with Gasteiger partial charge in [-0.2, -0.15) is 0 Å². The van der Waals surface area contributed by atoms with Gasteiger partial charge in [-0.1, -0.05) is 61.8 Å². The molecule has 290 valence electrons. The van der Waals surface area contributed by atoms with Crippen LogP contribution >= 0.6 is 11.3 Å². The maximum absolute atomic E-state index is 14.0. The maximum Gasteiger partial charge on any atom is 0.243 e. The number of likely N-dealkylation sites (tertiary alicyclic amines) is 1. The number of para-hydroxylation sites is 1. The van der Waals surface area contributed by atoms with Gasteiger partial charge in [0.25, 0.3) is 0 Å². The normalized spacial score (nSPS) is 16.7. The lowest BCUT2D eigenvalue weighted by Gasteiger charge is -2.30. The molecule has 4 atom stereocenters. The summed E-state index contributed by atoms with van der Waals surface area (Å²) >= 11 is 1.57. The van der Waals surface area contributed by atoms with Crippen LogP contribution in [-0.4, -0.2) is 79.2 Å². The molecule has 0 spiro atoms. The Bertz CT molecular complexity index is 2070. The van der Waals surface area contributed by atoms with Crippen LogP contribution in [0.15, 0.2) is 70.7 Å². The number of amides is 2. The van der Waals surface area contributed by atoms with E-state index in [1.165, 1.54) is 4.90 Å². The Morgan fingerprint density at radius 2 is 1.85 bits per heavy atom. The molecule has 0 bridgehead atoms. The zero-order valence-corrected chi connectivity index (χ0v) is 32.5. The second-order valence-electron chi connectivity index (χ2n) is 14.5. The smallest absolute Gasteiger partial charge is 0.243 e. The first-order valence-electron chi connectivity index (χ1n) is 18.7. The topological polar surface area (TPSA) is 190 Å². The summed E-state index contributed by atoms with van der Waals surface area (Å²) < 4.78 is 11.7. The molecule has 1 aliphatic rings. The number of nitrogens with zero attached hydrogens (tertiary/aromatic N) is 5. The number of phenolic OH excluding ortho intramolecular Hbond substituents is 1. The van der Waals surface area contributed by atoms with E-state index in [9.17, 15) is 19.8 Å². The summed E-state index contributed by atoms with van der Waals surface area (Å²) in [5.74, 6) is -0.457. The van der Waals surface area contributed by atoms with Crippen molar-refractivity contribution in [3.8, 4) is 27.4 Å². The van der Waals surface area contributed by atoms with E-state index in [1.54, 1.807) is 42.5 Å². The van der Waals surface area contributed by atoms with Crippen LogP contribution in [0.3, 0.4) is 0 Å². The summed E-state index contributed by atoms with van der Waals surface area (Å²) in [6.07, 6.45) is 2.48. The van der Waals surface area contributed by atoms with Crippen molar-refractivity contribution in [2.24, 2.45) is 5.92 Å². The van der Waals surface area contributed by atoms with E-state index in [2.05, 4.69) is 25.7 Å². The zero-order chi connectivity index (χ0) is 39.1. The number of nitrogens with one attached hydrogen (secondary N) is 1. The third kappa shape index (κ3) is 9.56. The van der Waals surface area contributed by atoms with Crippen LogP contribution < -0.4 is 11.1 Å². The lowest BCUT2D eigenvalue weighted by Crippen LogP contribution is -2.49. The molecular weight excluding hydrogens is 719 g/mol. The number of carbonyl (C=O) groups is 2. The van der Waals surface area contributed by atoms with Crippen LogP contribution in [0, 0.1) is 19.8 Å². The van der Waals surface area contributed by atoms with Crippen molar-refractivity contribution in [1.82, 2.24) is 30.6 Å². The van der Waals surface area contributed by atoms with E-state index in [4.69, 9.17) is 15.0 Å². The Hall–Kier alpha value is -5.18. The summed E-state index contributed by atoms with van der Waals surface area (Å²) in [7, 11) is 0. The average molecular weight is 768 g/mol. The second kappa shape index (κ2) is 18.0. The molecule has 55 heavy (non-hydrogen) atoms. The number of anilines is 1. The van der Waals surface area contributed by atoms with Crippen molar-refractivity contribution in [2.45, 2.75) is 83.9 Å². The molecule has 13 nitrogen and oxygen atoms in total. The fraction of sp³-hybridized carbons (Fsp3) is 0.415. The van der Waals surface area contributed by atoms with Crippen molar-refractivity contribution >= 4 is 29.0 Å². The van der Waals surface area contributed by atoms with Crippen molar-refractivity contribution in [1.29, 1.82) is 0 Å². The molecule has 14 heteroatoms. The third-order valence-corrected chi connectivity index (χ3v) is 11.0. The summed E-state index contributed by atoms with van der Waals surface area (Å²) in [5, 5.41) is 36.4. The van der Waals surface area contributed by atoms with Gasteiger partial charge < -0.3 is 35.4 Å². The number of nitrogen functional groups attached to an aromatic ring is 1. The van der Waals surface area contributed by atoms with Crippen LogP contribution in [0.5, 0.6) is 5.75 Å². The molecule has 2 amide bonds. The standard InChI is InChI=1S/C41H49N7O6S/c1-24(2)37(36-18-25(3)47-54-36)41(52)48-21-30(49)20-34(48)40(51)44-33(27-13-15-28(16-14-27)38-26(4)43-23-55-38)22-53-17-9-5-6-10-29-19-32(45-46-39(29)42)31-11-7-8-12-35(31)50/h7-8,11-16,18-19,23-24,30,33-34,37,49-50H,5-6,9-10,17,20-22H2,1-4H3,(H2,42,46)(H,44,51)/t30-,33+,34+,37-/m1/s1. The summed E-state index contributed by atoms with van der Waals surface area (Å²) in [4.78, 5) is 35.0. The van der Waals surface area contributed by atoms with Gasteiger partial charge in [0.1, 0.15) is 29.3 Å². The van der Waals surface area contributed by atoms with Crippen LogP contribution in [0.25, 0.3) is 21.7 Å². The highest BCUT2D eigenvalue weighted by molar-refractivity contribution is 7.13. The molecule has 1 saturated heterocycles. The fourth-order valence-corrected chi connectivity index (χ4v) is 7.86. The number of aliphatic hydroxyl groups is 1. The van der Waals surface area contributed by atoms with Crippen molar-refractivity contribution < 1.29 is 29.1 Å². The van der Waals surface area contributed by atoms with E-state index < -0.39 is 24.1 Å². The Morgan fingerprint density at radius 1 is 1.07 bits per heavy atom. The van der Waals surface area contributed by atoms with Crippen molar-refractivity contribution in [2.75, 3.05) is 25.5 Å². The first kappa shape index (κ1) is 39.5. The van der Waals surface area contributed by atoms with E-state index >= 15 is 0 Å². The molecule has 0 saturated carbocycles. The summed E-state index contributed by atoms with van der Waals surface area (Å²) in [6.45, 7) is 8.35. The minimum absolute atomic E-state index is 0.0502. The molecule has 0 radical (unpaired) electrons. The van der Waals surface area contributed by atoms with Gasteiger partial charge in [-0.15, -0.1) is 21.5 Å². The minimum atomic E-state index is -0.865. The number of aryl methyl sites for hydroxylation is 3. The second-order valence-corrected chi connectivity index (χ2v) is 15.3. The third-order valence-electron chi connectivity index (χ3n) is 9.99. The summed E-state index contributed by atoms with van der Waals surface area (Å²) in [6, 6.07) is 17.2. The van der Waals surface area contributed by atoms with Gasteiger partial charge in [0.2, 0.25) is 11.8 Å². The van der Waals surface area contributed by atoms with Gasteiger partial charge in [0.05, 0.1) is 46.2 Å². The number of nitrogens with two attached hydrogens (primary N) is 1. The van der Waals surface area contributed by atoms with Gasteiger partial charge in [-0.25, -0.2) is 4.98 Å². The number of aromatic nitrogens is 4. The SMILES string of the molecule is Cc1cc([C@H](C(=O)N2C[C@H](O)C[C@H]2C(=O)N[C@@H](COCCCCCc2cc(-c3ccccc3O)nnc2N)c2ccc(-c3scnc3C)cc2)C(C)C)on1. The number of carbonyl (C=O) groups excluding carboxylic acids is 2. The highest BCUT2D eigenvalue weighted by atomic mass is 32.1. The molecule has 1 aliphatic heterocycles. The molecule has 0 unspecified atom stereocenters. The van der Waals surface area contributed by atoms with Crippen LogP contribution in [0.2, 0.25) is 0 Å². The van der Waals surface area contributed by atoms with Gasteiger partial charge in [0.15, 0.2) is 0 Å². The number of phenols is 1. The highest BCUT2D eigenvalue weighted by Gasteiger charge is 2.43. The highest BCUT2D eigenvalue weighted by Crippen LogP contribution is 2.33. The molecule has 5 aromatic rings. The molecule has 6 rings (SSSR count). The predicted octanol–water partition coefficient (Wildman–Crippen LogP) is 6.15. The molecule has 2 aromatic carbocycles. The van der Waals surface area contributed by atoms with Gasteiger partial charge in [-0.05, 0) is 73.9 Å². The first-order valence-corrected chi connectivity index (χ1v) is 19.6. The van der Waals surface area contributed by atoms with Gasteiger partial charge in [0, 0.05) is 31.2 Å². The van der Waals surface area contributed by atoms with E-state index in [-0.39, 0.29) is 43.1 Å². The Balaban J connectivity index is 1.10. The molecule has 0 aliphatic carbocycles. The number of unbranched alkanes of at least 4 members (excludes halogenated alkanes) is 2. The Kier molecular flexibility index (Phi) is 12.9. The van der Waals surface area contributed by atoms with Gasteiger partial charge >= 0.3 is 0 Å². The number of hydrogen-bond acceptors (Lipinski definition) is 12. The maximum atomic E-state index is 14.0. The largest absolute Gasteiger partial charge is 0.507 e. The number of β-amino-alcohol motifs (C(OH)–C–C–N with tert-alkyl or cyclic N) is 1. The van der Waals surface area contributed by atoms with Crippen LogP contribution in [-0.2, 0) is 20.7 Å². The fourth-order valence-electron chi connectivity index (χ4n) is 7.04. The van der Waals surface area contributed by atoms with Crippen LogP contribution in [0.1, 0.15) is 79.8 Å². The average Bonchev–Trinajstić information content (AvgIpc) is 3.91. The van der Waals surface area contributed by atoms with Crippen LogP contribution in [0.4, 0.5) is 5.82 Å². The molecule has 5 N–H and O–H groups in total. The first-order chi connectivity index (χ1) is 26.5. The molecule has 1 fully saturated rings. The Morgan fingerprint density at radius 3 is 2.55 bits per heavy atom. The van der Waals surface area contributed by atoms with E-state index in [1.807, 2.05) is 62.7 Å². The number of ether oxygens (including phenoxy) is 1. The summed E-state index contributed by atoms with van der Waals surface area (Å²) in [5.41, 5.74) is 13.5. The lowest BCUT2D eigenvalue weighted by atomic mass is 9.91. The van der Waals surface area contributed by atoms with Crippen molar-refractivity contribution in [3.05, 3.63) is 94.4 Å². The molecule has 4 heterocycles. The van der Waals surface area contributed by atoms with Crippen molar-refractivity contribution in [3.63, 3.8) is 0 Å². The van der Waals surface area contributed by atoms with E-state index in [0.717, 1.165) is 46.5 Å². The lowest BCUT2D eigenvalue weighted by molar-refractivity contribution is -0.141. The molecule has 3 aromatic heterocycles. The molecular formula is C41H49N7O6S. The number of hydrogen-bond donors (Lipinski definition) is 4. The quantitative estimate of drug-likeness (QED) is 0.0843. The Labute approximate surface area is 324 Å². The predicted molar refractivity (Wildman–Crippen MR) is 210 cm³/mol. The number of benzene rings is 2. The number of rotatable bonds is 16. The zero-order valence-electron chi connectivity index (χ0n) is 31.6. The number of aliphatic hydroxyl groups excluding tert-OH is 1. The van der Waals surface area contributed by atoms with E-state index in [0.29, 0.717) is 41.6 Å². The number of thiazole rings is 1. The number of aromatic hydroxyl groups is 1.